The van der Waals surface area contributed by atoms with Gasteiger partial charge in [0, 0.05) is 50.7 Å². The van der Waals surface area contributed by atoms with Crippen molar-refractivity contribution in [2.45, 2.75) is 71.1 Å². The van der Waals surface area contributed by atoms with E-state index >= 15 is 0 Å². The Morgan fingerprint density at radius 1 is 1.00 bits per heavy atom. The molecule has 5 rings (SSSR count). The molecule has 4 aliphatic rings. The van der Waals surface area contributed by atoms with E-state index in [1.54, 1.807) is 0 Å². The molecule has 1 unspecified atom stereocenters. The second kappa shape index (κ2) is 12.2. The lowest BCUT2D eigenvalue weighted by molar-refractivity contribution is 0.182. The molecule has 1 atom stereocenters. The van der Waals surface area contributed by atoms with E-state index in [0.717, 1.165) is 74.9 Å². The van der Waals surface area contributed by atoms with E-state index in [2.05, 4.69) is 109 Å². The van der Waals surface area contributed by atoms with Crippen LogP contribution in [0.1, 0.15) is 58.8 Å². The smallest absolute Gasteiger partial charge is 0.231 e. The Kier molecular flexibility index (Phi) is 8.70. The molecular formula is C28H42IN9. The van der Waals surface area contributed by atoms with Crippen LogP contribution in [0.25, 0.3) is 0 Å². The molecule has 1 aromatic rings. The molecule has 0 aromatic carbocycles. The minimum Gasteiger partial charge on any atom is -0.372 e. The molecule has 9 nitrogen and oxygen atoms in total. The molecule has 2 aliphatic carbocycles. The lowest BCUT2D eigenvalue weighted by Crippen LogP contribution is -2.53. The molecule has 10 heteroatoms. The summed E-state index contributed by atoms with van der Waals surface area (Å²) < 4.78 is 3.30. The molecule has 0 bridgehead atoms. The first kappa shape index (κ1) is 27.1. The largest absolute Gasteiger partial charge is 0.372 e. The number of anilines is 4. The van der Waals surface area contributed by atoms with Crippen LogP contribution in [0.2, 0.25) is 0 Å². The van der Waals surface area contributed by atoms with Gasteiger partial charge in [-0.25, -0.2) is 0 Å². The Bertz CT molecular complexity index is 1130. The van der Waals surface area contributed by atoms with Gasteiger partial charge in [-0.05, 0) is 77.6 Å². The summed E-state index contributed by atoms with van der Waals surface area (Å²) in [5.74, 6) is 2.40. The van der Waals surface area contributed by atoms with Crippen molar-refractivity contribution in [1.82, 2.24) is 25.1 Å². The predicted molar refractivity (Wildman–Crippen MR) is 165 cm³/mol. The quantitative estimate of drug-likeness (QED) is 0.219. The van der Waals surface area contributed by atoms with Gasteiger partial charge in [0.1, 0.15) is 5.69 Å². The van der Waals surface area contributed by atoms with Gasteiger partial charge in [0.15, 0.2) is 17.9 Å². The molecular weight excluding hydrogens is 589 g/mol. The average molecular weight is 632 g/mol. The summed E-state index contributed by atoms with van der Waals surface area (Å²) in [6, 6.07) is 0.252. The van der Waals surface area contributed by atoms with Gasteiger partial charge in [0.2, 0.25) is 5.95 Å². The number of likely N-dealkylation sites (N-methyl/N-ethyl adjacent to an activating group) is 1. The second-order valence-corrected chi connectivity index (χ2v) is 11.5. The highest BCUT2D eigenvalue weighted by atomic mass is 127. The zero-order valence-corrected chi connectivity index (χ0v) is 25.4. The standard InChI is InChI=1S/C28H42IN9/c1-20(2)38-26-24(36(4)28(38)31-21-10-8-6-5-7-9-11-21)25(34-29)32-27(33-26)30-22-12-14-23(15-13-22)37-18-16-35(3)17-19-37/h8,12,14,20,28,31H,5-7,9,11,13,15-19H2,1-4H3,(H2,30,32,33,34). The number of hydrogen-bond donors (Lipinski definition) is 3. The summed E-state index contributed by atoms with van der Waals surface area (Å²) in [6.45, 7) is 8.92. The van der Waals surface area contributed by atoms with Crippen LogP contribution < -0.4 is 24.0 Å². The summed E-state index contributed by atoms with van der Waals surface area (Å²) >= 11 is 2.18. The summed E-state index contributed by atoms with van der Waals surface area (Å²) in [5, 5.41) is 7.32. The molecule has 38 heavy (non-hydrogen) atoms. The molecule has 1 aromatic heterocycles. The van der Waals surface area contributed by atoms with Crippen molar-refractivity contribution in [3.8, 4) is 0 Å². The molecule has 0 amide bonds. The summed E-state index contributed by atoms with van der Waals surface area (Å²) in [6.07, 6.45) is 14.5. The molecule has 0 radical (unpaired) electrons. The van der Waals surface area contributed by atoms with Crippen LogP contribution in [0.5, 0.6) is 0 Å². The van der Waals surface area contributed by atoms with Gasteiger partial charge in [-0.1, -0.05) is 6.42 Å². The third-order valence-electron chi connectivity index (χ3n) is 7.90. The summed E-state index contributed by atoms with van der Waals surface area (Å²) in [5.41, 5.74) is 8.30. The predicted octanol–water partition coefficient (Wildman–Crippen LogP) is 5.00. The minimum atomic E-state index is -0.0450. The Hall–Kier alpha value is -2.43. The van der Waals surface area contributed by atoms with Gasteiger partial charge in [-0.3, -0.25) is 0 Å². The van der Waals surface area contributed by atoms with E-state index in [9.17, 15) is 0 Å². The van der Waals surface area contributed by atoms with Crippen LogP contribution in [-0.2, 0) is 0 Å². The molecule has 1 fully saturated rings. The number of fused-ring (bicyclic) bond motifs is 1. The first-order chi connectivity index (χ1) is 18.4. The Morgan fingerprint density at radius 3 is 2.53 bits per heavy atom. The van der Waals surface area contributed by atoms with Crippen LogP contribution in [-0.4, -0.2) is 72.4 Å². The molecule has 3 N–H and O–H groups in total. The van der Waals surface area contributed by atoms with Crippen molar-refractivity contribution >= 4 is 46.1 Å². The van der Waals surface area contributed by atoms with E-state index in [4.69, 9.17) is 9.97 Å². The van der Waals surface area contributed by atoms with Gasteiger partial charge < -0.3 is 33.8 Å². The molecule has 0 saturated carbocycles. The van der Waals surface area contributed by atoms with Crippen molar-refractivity contribution in [2.24, 2.45) is 0 Å². The normalized spacial score (nSPS) is 22.4. The van der Waals surface area contributed by atoms with Gasteiger partial charge in [-0.2, -0.15) is 9.97 Å². The molecule has 3 heterocycles. The van der Waals surface area contributed by atoms with Gasteiger partial charge in [-0.15, -0.1) is 5.73 Å². The first-order valence-corrected chi connectivity index (χ1v) is 15.1. The van der Waals surface area contributed by atoms with Crippen molar-refractivity contribution in [2.75, 3.05) is 58.9 Å². The maximum Gasteiger partial charge on any atom is 0.231 e. The highest BCUT2D eigenvalue weighted by Crippen LogP contribution is 2.44. The number of hydrogen-bond acceptors (Lipinski definition) is 9. The number of aromatic nitrogens is 2. The maximum atomic E-state index is 5.07. The summed E-state index contributed by atoms with van der Waals surface area (Å²) in [4.78, 5) is 19.5. The number of nitrogens with one attached hydrogen (secondary N) is 3. The molecule has 0 spiro atoms. The number of piperazine rings is 1. The van der Waals surface area contributed by atoms with E-state index in [1.165, 1.54) is 30.7 Å². The van der Waals surface area contributed by atoms with E-state index in [-0.39, 0.29) is 12.3 Å². The van der Waals surface area contributed by atoms with Gasteiger partial charge in [0.25, 0.3) is 0 Å². The minimum absolute atomic E-state index is 0.0450. The topological polar surface area (TPSA) is 74.8 Å². The summed E-state index contributed by atoms with van der Waals surface area (Å²) in [7, 11) is 4.32. The number of allylic oxidation sites excluding steroid dienone is 5. The lowest BCUT2D eigenvalue weighted by Gasteiger charge is -2.36. The maximum absolute atomic E-state index is 5.07. The average Bonchev–Trinajstić information content (AvgIpc) is 3.17. The van der Waals surface area contributed by atoms with E-state index in [0.29, 0.717) is 5.95 Å². The Balaban J connectivity index is 1.37. The van der Waals surface area contributed by atoms with Crippen molar-refractivity contribution < 1.29 is 0 Å². The zero-order chi connectivity index (χ0) is 26.6. The van der Waals surface area contributed by atoms with Crippen molar-refractivity contribution in [3.63, 3.8) is 0 Å². The zero-order valence-electron chi connectivity index (χ0n) is 23.2. The molecule has 2 aliphatic heterocycles. The van der Waals surface area contributed by atoms with Gasteiger partial charge >= 0.3 is 0 Å². The third kappa shape index (κ3) is 5.92. The van der Waals surface area contributed by atoms with Crippen LogP contribution in [0, 0.1) is 0 Å². The first-order valence-electron chi connectivity index (χ1n) is 14.0. The third-order valence-corrected chi connectivity index (χ3v) is 8.41. The second-order valence-electron chi connectivity index (χ2n) is 11.0. The van der Waals surface area contributed by atoms with E-state index in [1.807, 2.05) is 0 Å². The highest BCUT2D eigenvalue weighted by Gasteiger charge is 2.40. The highest BCUT2D eigenvalue weighted by molar-refractivity contribution is 14.1. The number of halogens is 1. The van der Waals surface area contributed by atoms with Crippen LogP contribution in [0.15, 0.2) is 41.1 Å². The molecule has 206 valence electrons. The number of rotatable bonds is 7. The fourth-order valence-electron chi connectivity index (χ4n) is 5.68. The van der Waals surface area contributed by atoms with Crippen LogP contribution in [0.4, 0.5) is 23.3 Å². The lowest BCUT2D eigenvalue weighted by atomic mass is 10.1. The van der Waals surface area contributed by atoms with Crippen LogP contribution >= 0.6 is 22.9 Å². The van der Waals surface area contributed by atoms with Gasteiger partial charge in [0.05, 0.1) is 28.6 Å². The Labute approximate surface area is 241 Å². The Morgan fingerprint density at radius 2 is 1.82 bits per heavy atom. The SMILES string of the molecule is CC(C)N1c2nc(NC3=CC=C(N4CCN(C)CC4)CC3)nc(NI)c2N(C)C1NC1=C=CCCCCC1. The molecule has 1 saturated heterocycles. The van der Waals surface area contributed by atoms with Crippen molar-refractivity contribution in [1.29, 1.82) is 0 Å². The fraction of sp³-hybridized carbons (Fsp3) is 0.607. The van der Waals surface area contributed by atoms with E-state index < -0.39 is 0 Å². The van der Waals surface area contributed by atoms with Crippen molar-refractivity contribution in [3.05, 3.63) is 41.1 Å². The fourth-order valence-corrected chi connectivity index (χ4v) is 6.06. The number of nitrogens with zero attached hydrogens (tertiary/aromatic N) is 6. The monoisotopic (exact) mass is 631 g/mol. The van der Waals surface area contributed by atoms with Crippen LogP contribution in [0.3, 0.4) is 0 Å².